The van der Waals surface area contributed by atoms with Gasteiger partial charge in [-0.25, -0.2) is 9.97 Å². The number of nitrogens with two attached hydrogens (primary N) is 1. The van der Waals surface area contributed by atoms with E-state index in [0.29, 0.717) is 5.13 Å². The summed E-state index contributed by atoms with van der Waals surface area (Å²) >= 11 is 4.61. The molecule has 0 fully saturated rings. The average Bonchev–Trinajstić information content (AvgIpc) is 2.72. The SMILES string of the molecule is Cc1nsc(SCc2cnc(N)s2)n1. The zero-order valence-corrected chi connectivity index (χ0v) is 9.88. The quantitative estimate of drug-likeness (QED) is 0.838. The van der Waals surface area contributed by atoms with Crippen molar-refractivity contribution in [1.29, 1.82) is 0 Å². The summed E-state index contributed by atoms with van der Waals surface area (Å²) in [5.74, 6) is 1.70. The molecule has 14 heavy (non-hydrogen) atoms. The number of rotatable bonds is 3. The highest BCUT2D eigenvalue weighted by molar-refractivity contribution is 8.00. The first-order chi connectivity index (χ1) is 6.74. The van der Waals surface area contributed by atoms with Crippen LogP contribution in [-0.2, 0) is 5.75 Å². The topological polar surface area (TPSA) is 64.7 Å². The Balaban J connectivity index is 1.94. The summed E-state index contributed by atoms with van der Waals surface area (Å²) in [4.78, 5) is 9.41. The van der Waals surface area contributed by atoms with Gasteiger partial charge in [0.1, 0.15) is 5.82 Å². The lowest BCUT2D eigenvalue weighted by molar-refractivity contribution is 1.10. The highest BCUT2D eigenvalue weighted by Crippen LogP contribution is 2.27. The summed E-state index contributed by atoms with van der Waals surface area (Å²) in [6.07, 6.45) is 1.81. The summed E-state index contributed by atoms with van der Waals surface area (Å²) in [5.41, 5.74) is 5.52. The lowest BCUT2D eigenvalue weighted by atomic mass is 10.6. The molecule has 0 saturated heterocycles. The number of nitrogens with zero attached hydrogens (tertiary/aromatic N) is 3. The van der Waals surface area contributed by atoms with E-state index >= 15 is 0 Å². The van der Waals surface area contributed by atoms with Crippen molar-refractivity contribution in [1.82, 2.24) is 14.3 Å². The largest absolute Gasteiger partial charge is 0.375 e. The fraction of sp³-hybridized carbons (Fsp3) is 0.286. The molecular weight excluding hydrogens is 236 g/mol. The molecule has 0 aliphatic carbocycles. The summed E-state index contributed by atoms with van der Waals surface area (Å²) in [5, 5.41) is 0.619. The molecule has 0 aromatic carbocycles. The average molecular weight is 244 g/mol. The molecule has 0 spiro atoms. The van der Waals surface area contributed by atoms with Crippen LogP contribution >= 0.6 is 34.6 Å². The highest BCUT2D eigenvalue weighted by Gasteiger charge is 2.03. The molecule has 0 radical (unpaired) electrons. The molecule has 0 unspecified atom stereocenters. The summed E-state index contributed by atoms with van der Waals surface area (Å²) < 4.78 is 5.10. The molecule has 0 atom stereocenters. The number of anilines is 1. The summed E-state index contributed by atoms with van der Waals surface area (Å²) in [7, 11) is 0. The van der Waals surface area contributed by atoms with Crippen LogP contribution in [0.1, 0.15) is 10.7 Å². The Morgan fingerprint density at radius 3 is 3.00 bits per heavy atom. The second kappa shape index (κ2) is 4.24. The van der Waals surface area contributed by atoms with Crippen LogP contribution < -0.4 is 5.73 Å². The van der Waals surface area contributed by atoms with E-state index in [2.05, 4.69) is 14.3 Å². The van der Waals surface area contributed by atoms with E-state index in [1.807, 2.05) is 6.92 Å². The molecule has 74 valence electrons. The monoisotopic (exact) mass is 244 g/mol. The van der Waals surface area contributed by atoms with Gasteiger partial charge in [0.05, 0.1) is 0 Å². The number of hydrogen-bond donors (Lipinski definition) is 1. The van der Waals surface area contributed by atoms with E-state index in [4.69, 9.17) is 5.73 Å². The highest BCUT2D eigenvalue weighted by atomic mass is 32.2. The van der Waals surface area contributed by atoms with Crippen molar-refractivity contribution in [2.75, 3.05) is 5.73 Å². The molecule has 2 rings (SSSR count). The van der Waals surface area contributed by atoms with Gasteiger partial charge in [0.15, 0.2) is 9.47 Å². The number of aryl methyl sites for hydroxylation is 1. The molecule has 0 bridgehead atoms. The van der Waals surface area contributed by atoms with Crippen LogP contribution in [0.25, 0.3) is 0 Å². The van der Waals surface area contributed by atoms with Gasteiger partial charge in [-0.1, -0.05) is 11.8 Å². The first-order valence-electron chi connectivity index (χ1n) is 3.87. The van der Waals surface area contributed by atoms with Gasteiger partial charge in [0.25, 0.3) is 0 Å². The lowest BCUT2D eigenvalue weighted by Gasteiger charge is -1.90. The predicted molar refractivity (Wildman–Crippen MR) is 60.7 cm³/mol. The molecular formula is C7H8N4S3. The molecule has 2 aromatic heterocycles. The first-order valence-corrected chi connectivity index (χ1v) is 6.45. The molecule has 4 nitrogen and oxygen atoms in total. The van der Waals surface area contributed by atoms with E-state index in [-0.39, 0.29) is 0 Å². The Bertz CT molecular complexity index is 382. The van der Waals surface area contributed by atoms with E-state index in [0.717, 1.165) is 15.9 Å². The number of thiazole rings is 1. The summed E-state index contributed by atoms with van der Waals surface area (Å²) in [6.45, 7) is 1.89. The Hall–Kier alpha value is -0.660. The molecule has 2 N–H and O–H groups in total. The van der Waals surface area contributed by atoms with E-state index in [1.165, 1.54) is 27.7 Å². The first kappa shape index (κ1) is 9.88. The third kappa shape index (κ3) is 2.43. The maximum Gasteiger partial charge on any atom is 0.180 e. The van der Waals surface area contributed by atoms with Crippen LogP contribution in [0.5, 0.6) is 0 Å². The molecule has 0 aliphatic heterocycles. The standard InChI is InChI=1S/C7H8N4S3/c1-4-10-7(14-11-4)12-3-5-2-9-6(8)13-5/h2H,3H2,1H3,(H2,8,9). The molecule has 2 aromatic rings. The second-order valence-electron chi connectivity index (χ2n) is 2.56. The molecule has 0 aliphatic rings. The van der Waals surface area contributed by atoms with Crippen molar-refractivity contribution in [2.45, 2.75) is 17.0 Å². The van der Waals surface area contributed by atoms with Crippen molar-refractivity contribution in [2.24, 2.45) is 0 Å². The number of hydrogen-bond acceptors (Lipinski definition) is 7. The predicted octanol–water partition coefficient (Wildman–Crippen LogP) is 2.18. The molecule has 7 heteroatoms. The normalized spacial score (nSPS) is 10.6. The van der Waals surface area contributed by atoms with Crippen molar-refractivity contribution >= 4 is 39.8 Å². The summed E-state index contributed by atoms with van der Waals surface area (Å²) in [6, 6.07) is 0. The third-order valence-corrected chi connectivity index (χ3v) is 4.40. The number of thioether (sulfide) groups is 1. The Morgan fingerprint density at radius 2 is 2.43 bits per heavy atom. The minimum atomic E-state index is 0.619. The van der Waals surface area contributed by atoms with Gasteiger partial charge in [-0.2, -0.15) is 4.37 Å². The number of aromatic nitrogens is 3. The van der Waals surface area contributed by atoms with Gasteiger partial charge in [-0.15, -0.1) is 11.3 Å². The maximum absolute atomic E-state index is 5.52. The van der Waals surface area contributed by atoms with Crippen LogP contribution in [-0.4, -0.2) is 14.3 Å². The fourth-order valence-electron chi connectivity index (χ4n) is 0.859. The zero-order chi connectivity index (χ0) is 9.97. The minimum absolute atomic E-state index is 0.619. The van der Waals surface area contributed by atoms with Gasteiger partial charge in [0, 0.05) is 16.8 Å². The van der Waals surface area contributed by atoms with Gasteiger partial charge >= 0.3 is 0 Å². The van der Waals surface area contributed by atoms with Crippen molar-refractivity contribution in [3.63, 3.8) is 0 Å². The number of nitrogen functional groups attached to an aromatic ring is 1. The molecule has 2 heterocycles. The maximum atomic E-state index is 5.52. The lowest BCUT2D eigenvalue weighted by Crippen LogP contribution is -1.77. The molecule has 0 saturated carbocycles. The van der Waals surface area contributed by atoms with Crippen molar-refractivity contribution < 1.29 is 0 Å². The van der Waals surface area contributed by atoms with Crippen LogP contribution in [0.4, 0.5) is 5.13 Å². The Labute approximate surface area is 93.8 Å². The van der Waals surface area contributed by atoms with Gasteiger partial charge in [0.2, 0.25) is 0 Å². The molecule has 0 amide bonds. The Kier molecular flexibility index (Phi) is 2.99. The second-order valence-corrected chi connectivity index (χ2v) is 5.68. The van der Waals surface area contributed by atoms with Crippen LogP contribution in [0, 0.1) is 6.92 Å². The van der Waals surface area contributed by atoms with Gasteiger partial charge in [-0.3, -0.25) is 0 Å². The van der Waals surface area contributed by atoms with Gasteiger partial charge < -0.3 is 5.73 Å². The zero-order valence-electron chi connectivity index (χ0n) is 7.43. The van der Waals surface area contributed by atoms with Gasteiger partial charge in [-0.05, 0) is 18.5 Å². The van der Waals surface area contributed by atoms with Crippen LogP contribution in [0.15, 0.2) is 10.5 Å². The van der Waals surface area contributed by atoms with Crippen molar-refractivity contribution in [3.05, 3.63) is 16.9 Å². The van der Waals surface area contributed by atoms with E-state index in [1.54, 1.807) is 18.0 Å². The Morgan fingerprint density at radius 1 is 1.57 bits per heavy atom. The fourth-order valence-corrected chi connectivity index (χ4v) is 3.21. The third-order valence-electron chi connectivity index (χ3n) is 1.42. The van der Waals surface area contributed by atoms with E-state index in [9.17, 15) is 0 Å². The van der Waals surface area contributed by atoms with Crippen LogP contribution in [0.3, 0.4) is 0 Å². The van der Waals surface area contributed by atoms with Crippen molar-refractivity contribution in [3.8, 4) is 0 Å². The minimum Gasteiger partial charge on any atom is -0.375 e. The van der Waals surface area contributed by atoms with Crippen LogP contribution in [0.2, 0.25) is 0 Å². The smallest absolute Gasteiger partial charge is 0.180 e. The van der Waals surface area contributed by atoms with E-state index < -0.39 is 0 Å².